The first-order chi connectivity index (χ1) is 8.02. The molecule has 0 amide bonds. The molecule has 0 spiro atoms. The third-order valence-electron chi connectivity index (χ3n) is 2.31. The lowest BCUT2D eigenvalue weighted by Gasteiger charge is -2.02. The van der Waals surface area contributed by atoms with Gasteiger partial charge in [-0.05, 0) is 22.6 Å². The number of thiophene rings is 1. The highest BCUT2D eigenvalue weighted by atomic mass is 32.3. The lowest BCUT2D eigenvalue weighted by atomic mass is 10.1. The van der Waals surface area contributed by atoms with Gasteiger partial charge in [-0.25, -0.2) is 0 Å². The minimum Gasteiger partial charge on any atom is -0.392 e. The smallest absolute Gasteiger partial charge is 0.304 e. The molecule has 0 aliphatic rings. The lowest BCUT2D eigenvalue weighted by molar-refractivity contribution is 0.282. The average molecular weight is 270 g/mol. The Morgan fingerprint density at radius 1 is 1.12 bits per heavy atom. The molecule has 17 heavy (non-hydrogen) atoms. The quantitative estimate of drug-likeness (QED) is 0.838. The van der Waals surface area contributed by atoms with Gasteiger partial charge >= 0.3 is 10.1 Å². The van der Waals surface area contributed by atoms with Gasteiger partial charge in [0.25, 0.3) is 0 Å². The maximum atomic E-state index is 11.1. The normalized spacial score (nSPS) is 11.6. The number of hydrogen-bond donors (Lipinski definition) is 2. The van der Waals surface area contributed by atoms with E-state index in [-0.39, 0.29) is 10.8 Å². The van der Waals surface area contributed by atoms with E-state index in [1.54, 1.807) is 35.7 Å². The van der Waals surface area contributed by atoms with Gasteiger partial charge in [0.15, 0.2) is 4.21 Å². The molecule has 6 heteroatoms. The van der Waals surface area contributed by atoms with Crippen LogP contribution in [0.5, 0.6) is 0 Å². The monoisotopic (exact) mass is 270 g/mol. The maximum absolute atomic E-state index is 11.1. The first-order valence-electron chi connectivity index (χ1n) is 4.77. The fourth-order valence-corrected chi connectivity index (χ4v) is 3.26. The highest BCUT2D eigenvalue weighted by Gasteiger charge is 2.17. The Hall–Kier alpha value is -1.21. The molecule has 4 nitrogen and oxygen atoms in total. The third kappa shape index (κ3) is 2.55. The van der Waals surface area contributed by atoms with Crippen LogP contribution in [-0.2, 0) is 16.7 Å². The molecule has 1 aromatic heterocycles. The van der Waals surface area contributed by atoms with Crippen molar-refractivity contribution in [3.8, 4) is 11.1 Å². The van der Waals surface area contributed by atoms with Crippen molar-refractivity contribution in [2.75, 3.05) is 0 Å². The van der Waals surface area contributed by atoms with E-state index in [0.717, 1.165) is 16.9 Å². The van der Waals surface area contributed by atoms with Crippen LogP contribution in [0.25, 0.3) is 11.1 Å². The summed E-state index contributed by atoms with van der Waals surface area (Å²) in [5.41, 5.74) is 1.91. The minimum atomic E-state index is -4.18. The first-order valence-corrected chi connectivity index (χ1v) is 7.09. The van der Waals surface area contributed by atoms with E-state index < -0.39 is 10.1 Å². The van der Waals surface area contributed by atoms with Gasteiger partial charge in [-0.1, -0.05) is 24.3 Å². The van der Waals surface area contributed by atoms with Crippen molar-refractivity contribution in [1.29, 1.82) is 0 Å². The molecule has 0 radical (unpaired) electrons. The summed E-state index contributed by atoms with van der Waals surface area (Å²) in [6.07, 6.45) is 0. The highest BCUT2D eigenvalue weighted by Crippen LogP contribution is 2.31. The van der Waals surface area contributed by atoms with Crippen LogP contribution in [-0.4, -0.2) is 18.1 Å². The molecule has 0 aliphatic heterocycles. The van der Waals surface area contributed by atoms with Gasteiger partial charge in [-0.2, -0.15) is 8.42 Å². The van der Waals surface area contributed by atoms with Gasteiger partial charge in [0.1, 0.15) is 0 Å². The van der Waals surface area contributed by atoms with Gasteiger partial charge in [0, 0.05) is 5.56 Å². The zero-order chi connectivity index (χ0) is 12.5. The van der Waals surface area contributed by atoms with E-state index in [1.807, 2.05) is 0 Å². The van der Waals surface area contributed by atoms with Crippen molar-refractivity contribution in [1.82, 2.24) is 0 Å². The second kappa shape index (κ2) is 4.58. The Kier molecular flexibility index (Phi) is 3.30. The van der Waals surface area contributed by atoms with Crippen molar-refractivity contribution in [3.05, 3.63) is 41.3 Å². The van der Waals surface area contributed by atoms with Gasteiger partial charge in [-0.3, -0.25) is 4.55 Å². The molecule has 0 saturated carbocycles. The molecule has 0 unspecified atom stereocenters. The average Bonchev–Trinajstić information content (AvgIpc) is 2.78. The molecule has 2 N–H and O–H groups in total. The molecule has 2 aromatic rings. The van der Waals surface area contributed by atoms with Crippen LogP contribution >= 0.6 is 11.3 Å². The van der Waals surface area contributed by atoms with Crippen molar-refractivity contribution >= 4 is 21.5 Å². The molecule has 0 fully saturated rings. The number of aliphatic hydroxyl groups excluding tert-OH is 1. The molecule has 0 aliphatic carbocycles. The summed E-state index contributed by atoms with van der Waals surface area (Å²) in [4.78, 5) is 0. The fraction of sp³-hybridized carbons (Fsp3) is 0.0909. The standard InChI is InChI=1S/C11H10O4S2/c12-7-8-1-3-9(4-2-8)10-5-6-16-11(10)17(13,14)15/h1-6,12H,7H2,(H,13,14,15). The number of aliphatic hydroxyl groups is 1. The van der Waals surface area contributed by atoms with E-state index in [4.69, 9.17) is 9.66 Å². The van der Waals surface area contributed by atoms with Gasteiger partial charge in [-0.15, -0.1) is 11.3 Å². The zero-order valence-corrected chi connectivity index (χ0v) is 10.3. The van der Waals surface area contributed by atoms with Crippen LogP contribution in [0.1, 0.15) is 5.56 Å². The lowest BCUT2D eigenvalue weighted by Crippen LogP contribution is -1.96. The molecule has 90 valence electrons. The molecule has 2 rings (SSSR count). The van der Waals surface area contributed by atoms with Crippen molar-refractivity contribution < 1.29 is 18.1 Å². The van der Waals surface area contributed by atoms with E-state index in [2.05, 4.69) is 0 Å². The summed E-state index contributed by atoms with van der Waals surface area (Å²) in [6, 6.07) is 8.48. The summed E-state index contributed by atoms with van der Waals surface area (Å²) in [6.45, 7) is -0.0604. The molecule has 1 aromatic carbocycles. The molecule has 0 saturated heterocycles. The summed E-state index contributed by atoms with van der Waals surface area (Å²) in [5, 5.41) is 10.5. The second-order valence-corrected chi connectivity index (χ2v) is 5.98. The zero-order valence-electron chi connectivity index (χ0n) is 8.70. The van der Waals surface area contributed by atoms with E-state index in [0.29, 0.717) is 11.1 Å². The predicted molar refractivity (Wildman–Crippen MR) is 65.5 cm³/mol. The third-order valence-corrected chi connectivity index (χ3v) is 4.63. The van der Waals surface area contributed by atoms with Crippen LogP contribution in [0.3, 0.4) is 0 Å². The Balaban J connectivity index is 2.50. The summed E-state index contributed by atoms with van der Waals surface area (Å²) in [7, 11) is -4.18. The molecule has 1 heterocycles. The maximum Gasteiger partial charge on any atom is 0.304 e. The van der Waals surface area contributed by atoms with Crippen LogP contribution in [0.4, 0.5) is 0 Å². The van der Waals surface area contributed by atoms with E-state index in [1.165, 1.54) is 0 Å². The van der Waals surface area contributed by atoms with E-state index >= 15 is 0 Å². The summed E-state index contributed by atoms with van der Waals surface area (Å²) >= 11 is 0.974. The largest absolute Gasteiger partial charge is 0.392 e. The fourth-order valence-electron chi connectivity index (χ4n) is 1.50. The molecule has 0 bridgehead atoms. The van der Waals surface area contributed by atoms with Gasteiger partial charge < -0.3 is 5.11 Å². The van der Waals surface area contributed by atoms with Gasteiger partial charge in [0.2, 0.25) is 0 Å². The SMILES string of the molecule is O=S(=O)(O)c1sccc1-c1ccc(CO)cc1. The van der Waals surface area contributed by atoms with Crippen LogP contribution in [0.15, 0.2) is 39.9 Å². The van der Waals surface area contributed by atoms with Crippen molar-refractivity contribution in [3.63, 3.8) is 0 Å². The van der Waals surface area contributed by atoms with Crippen molar-refractivity contribution in [2.24, 2.45) is 0 Å². The molecular weight excluding hydrogens is 260 g/mol. The molecular formula is C11H10O4S2. The minimum absolute atomic E-state index is 0.0604. The predicted octanol–water partition coefficient (Wildman–Crippen LogP) is 2.15. The van der Waals surface area contributed by atoms with Crippen LogP contribution in [0.2, 0.25) is 0 Å². The van der Waals surface area contributed by atoms with E-state index in [9.17, 15) is 8.42 Å². The highest BCUT2D eigenvalue weighted by molar-refractivity contribution is 7.88. The first kappa shape index (κ1) is 12.3. The second-order valence-electron chi connectivity index (χ2n) is 3.45. The summed E-state index contributed by atoms with van der Waals surface area (Å²) < 4.78 is 31.3. The number of benzene rings is 1. The Bertz CT molecular complexity index is 611. The summed E-state index contributed by atoms with van der Waals surface area (Å²) in [5.74, 6) is 0. The number of hydrogen-bond acceptors (Lipinski definition) is 4. The molecule has 0 atom stereocenters. The van der Waals surface area contributed by atoms with Crippen LogP contribution < -0.4 is 0 Å². The van der Waals surface area contributed by atoms with Gasteiger partial charge in [0.05, 0.1) is 6.61 Å². The Labute approximate surface area is 103 Å². The van der Waals surface area contributed by atoms with Crippen LogP contribution in [0, 0.1) is 0 Å². The van der Waals surface area contributed by atoms with Crippen molar-refractivity contribution in [2.45, 2.75) is 10.8 Å². The topological polar surface area (TPSA) is 74.6 Å². The Morgan fingerprint density at radius 2 is 1.76 bits per heavy atom. The number of rotatable bonds is 3. The Morgan fingerprint density at radius 3 is 2.29 bits per heavy atom.